The van der Waals surface area contributed by atoms with Crippen LogP contribution in [0.3, 0.4) is 0 Å². The van der Waals surface area contributed by atoms with Crippen LogP contribution in [0.5, 0.6) is 0 Å². The maximum absolute atomic E-state index is 13.1. The van der Waals surface area contributed by atoms with E-state index in [1.54, 1.807) is 6.08 Å². The predicted octanol–water partition coefficient (Wildman–Crippen LogP) is 5.39. The van der Waals surface area contributed by atoms with E-state index in [0.29, 0.717) is 10.8 Å². The third-order valence-electron chi connectivity index (χ3n) is 4.02. The molecule has 0 fully saturated rings. The van der Waals surface area contributed by atoms with Gasteiger partial charge >= 0.3 is 0 Å². The van der Waals surface area contributed by atoms with Crippen LogP contribution in [-0.4, -0.2) is 22.9 Å². The van der Waals surface area contributed by atoms with Gasteiger partial charge in [-0.15, -0.1) is 16.9 Å². The Morgan fingerprint density at radius 1 is 1.24 bits per heavy atom. The van der Waals surface area contributed by atoms with Crippen LogP contribution in [0.15, 0.2) is 48.1 Å². The first kappa shape index (κ1) is 21.7. The van der Waals surface area contributed by atoms with Crippen molar-refractivity contribution in [3.8, 4) is 0 Å². The summed E-state index contributed by atoms with van der Waals surface area (Å²) in [6.07, 6.45) is 1.76. The van der Waals surface area contributed by atoms with E-state index in [1.165, 1.54) is 30.8 Å². The number of amides is 2. The molecule has 1 aliphatic rings. The average molecular weight is 469 g/mol. The summed E-state index contributed by atoms with van der Waals surface area (Å²) < 4.78 is 0. The second-order valence-electron chi connectivity index (χ2n) is 6.17. The Bertz CT molecular complexity index is 986. The zero-order valence-electron chi connectivity index (χ0n) is 15.3. The summed E-state index contributed by atoms with van der Waals surface area (Å²) in [5, 5.41) is 8.03. The molecule has 29 heavy (non-hydrogen) atoms. The van der Waals surface area contributed by atoms with Gasteiger partial charge in [-0.05, 0) is 23.3 Å². The molecule has 2 amide bonds. The van der Waals surface area contributed by atoms with Gasteiger partial charge in [0, 0.05) is 17.7 Å². The molecule has 1 heterocycles. The molecule has 3 rings (SSSR count). The number of hydrazone groups is 1. The lowest BCUT2D eigenvalue weighted by molar-refractivity contribution is -0.117. The lowest BCUT2D eigenvalue weighted by atomic mass is 10.1. The molecular formula is C20H16Cl3N3O2S. The summed E-state index contributed by atoms with van der Waals surface area (Å²) in [6.45, 7) is 5.09. The molecule has 2 aromatic rings. The van der Waals surface area contributed by atoms with Crippen LogP contribution in [0.25, 0.3) is 6.08 Å². The van der Waals surface area contributed by atoms with Gasteiger partial charge in [-0.3, -0.25) is 9.59 Å². The molecule has 0 saturated carbocycles. The molecule has 1 unspecified atom stereocenters. The fourth-order valence-electron chi connectivity index (χ4n) is 2.69. The minimum Gasteiger partial charge on any atom is -0.312 e. The second-order valence-corrected chi connectivity index (χ2v) is 8.52. The van der Waals surface area contributed by atoms with Crippen LogP contribution in [0, 0.1) is 0 Å². The number of hydrogen-bond donors (Lipinski definition) is 1. The fourth-order valence-corrected chi connectivity index (χ4v) is 4.72. The van der Waals surface area contributed by atoms with E-state index < -0.39 is 5.25 Å². The minimum absolute atomic E-state index is 0.187. The molecule has 1 N–H and O–H groups in total. The molecule has 2 aromatic carbocycles. The number of rotatable bonds is 5. The number of amidine groups is 1. The first-order valence-corrected chi connectivity index (χ1v) is 10.7. The molecule has 0 bridgehead atoms. The van der Waals surface area contributed by atoms with Crippen LogP contribution >= 0.6 is 46.6 Å². The molecule has 0 spiro atoms. The number of nitrogens with one attached hydrogen (secondary N) is 1. The Kier molecular flexibility index (Phi) is 6.90. The highest BCUT2D eigenvalue weighted by Gasteiger charge is 2.39. The van der Waals surface area contributed by atoms with E-state index in [4.69, 9.17) is 34.8 Å². The number of hydrogen-bond acceptors (Lipinski definition) is 4. The Balaban J connectivity index is 1.86. The number of benzene rings is 2. The quantitative estimate of drug-likeness (QED) is 0.640. The van der Waals surface area contributed by atoms with Gasteiger partial charge in [-0.1, -0.05) is 71.7 Å². The Labute approximate surface area is 187 Å². The highest BCUT2D eigenvalue weighted by Crippen LogP contribution is 2.39. The minimum atomic E-state index is -0.708. The first-order valence-electron chi connectivity index (χ1n) is 8.47. The molecule has 0 radical (unpaired) electrons. The zero-order valence-corrected chi connectivity index (χ0v) is 18.4. The van der Waals surface area contributed by atoms with E-state index >= 15 is 0 Å². The van der Waals surface area contributed by atoms with Gasteiger partial charge in [0.25, 0.3) is 5.91 Å². The van der Waals surface area contributed by atoms with Gasteiger partial charge in [0.15, 0.2) is 5.84 Å². The van der Waals surface area contributed by atoms with Gasteiger partial charge in [0.2, 0.25) is 5.91 Å². The summed E-state index contributed by atoms with van der Waals surface area (Å²) in [6, 6.07) is 10.8. The Morgan fingerprint density at radius 3 is 2.41 bits per heavy atom. The molecular weight excluding hydrogens is 453 g/mol. The highest BCUT2D eigenvalue weighted by atomic mass is 35.5. The van der Waals surface area contributed by atoms with Crippen molar-refractivity contribution in [3.05, 3.63) is 69.2 Å². The largest absolute Gasteiger partial charge is 0.312 e. The van der Waals surface area contributed by atoms with Crippen LogP contribution < -0.4 is 10.3 Å². The first-order chi connectivity index (χ1) is 13.8. The Morgan fingerprint density at radius 2 is 1.86 bits per heavy atom. The normalized spacial score (nSPS) is 16.0. The van der Waals surface area contributed by atoms with E-state index in [-0.39, 0.29) is 33.4 Å². The van der Waals surface area contributed by atoms with E-state index in [0.717, 1.165) is 16.1 Å². The molecule has 0 saturated heterocycles. The molecule has 5 nitrogen and oxygen atoms in total. The topological polar surface area (TPSA) is 61.8 Å². The third kappa shape index (κ3) is 4.95. The standard InChI is InChI=1S/C20H16Cl3N3O2S/c1-3-12-4-6-13(7-5-12)10-29-18-19(24-11(2)27)25-26(20(18)28)17-15(22)8-14(21)9-16(17)23/h3-9,18H,1,10H2,2H3,(H,24,25,27). The van der Waals surface area contributed by atoms with Crippen LogP contribution in [0.2, 0.25) is 15.1 Å². The number of thioether (sulfide) groups is 1. The van der Waals surface area contributed by atoms with Gasteiger partial charge in [0.05, 0.1) is 10.0 Å². The van der Waals surface area contributed by atoms with Crippen molar-refractivity contribution in [1.82, 2.24) is 5.32 Å². The maximum Gasteiger partial charge on any atom is 0.268 e. The van der Waals surface area contributed by atoms with Crippen molar-refractivity contribution in [2.75, 3.05) is 5.01 Å². The van der Waals surface area contributed by atoms with Crippen LogP contribution in [0.1, 0.15) is 18.1 Å². The van der Waals surface area contributed by atoms with Crippen molar-refractivity contribution in [2.45, 2.75) is 17.9 Å². The monoisotopic (exact) mass is 467 g/mol. The lowest BCUT2D eigenvalue weighted by Gasteiger charge is -2.17. The van der Waals surface area contributed by atoms with Crippen LogP contribution in [0.4, 0.5) is 5.69 Å². The lowest BCUT2D eigenvalue weighted by Crippen LogP contribution is -2.37. The van der Waals surface area contributed by atoms with Crippen molar-refractivity contribution < 1.29 is 9.59 Å². The van der Waals surface area contributed by atoms with Gasteiger partial charge in [0.1, 0.15) is 10.9 Å². The van der Waals surface area contributed by atoms with Crippen LogP contribution in [-0.2, 0) is 15.3 Å². The predicted molar refractivity (Wildman–Crippen MR) is 122 cm³/mol. The molecule has 0 aliphatic carbocycles. The summed E-state index contributed by atoms with van der Waals surface area (Å²) in [7, 11) is 0. The summed E-state index contributed by atoms with van der Waals surface area (Å²) in [4.78, 5) is 24.7. The average Bonchev–Trinajstić information content (AvgIpc) is 2.94. The third-order valence-corrected chi connectivity index (χ3v) is 6.07. The summed E-state index contributed by atoms with van der Waals surface area (Å²) in [5.74, 6) is 0.0973. The highest BCUT2D eigenvalue weighted by molar-refractivity contribution is 8.00. The zero-order chi connectivity index (χ0) is 21.1. The SMILES string of the molecule is C=Cc1ccc(CSC2C(=O)N(c3c(Cl)cc(Cl)cc3Cl)N=C2NC(C)=O)cc1. The van der Waals surface area contributed by atoms with E-state index in [9.17, 15) is 9.59 Å². The molecule has 9 heteroatoms. The molecule has 1 atom stereocenters. The van der Waals surface area contributed by atoms with Gasteiger partial charge < -0.3 is 5.32 Å². The molecule has 150 valence electrons. The van der Waals surface area contributed by atoms with Gasteiger partial charge in [-0.25, -0.2) is 0 Å². The van der Waals surface area contributed by atoms with Crippen molar-refractivity contribution in [2.24, 2.45) is 5.10 Å². The van der Waals surface area contributed by atoms with Crippen molar-refractivity contribution in [1.29, 1.82) is 0 Å². The molecule has 1 aliphatic heterocycles. The maximum atomic E-state index is 13.1. The second kappa shape index (κ2) is 9.22. The molecule has 0 aromatic heterocycles. The van der Waals surface area contributed by atoms with E-state index in [1.807, 2.05) is 24.3 Å². The van der Waals surface area contributed by atoms with Crippen molar-refractivity contribution >= 4 is 76.0 Å². The summed E-state index contributed by atoms with van der Waals surface area (Å²) in [5.41, 5.74) is 2.26. The number of halogens is 3. The fraction of sp³-hybridized carbons (Fsp3) is 0.150. The van der Waals surface area contributed by atoms with Gasteiger partial charge in [-0.2, -0.15) is 5.01 Å². The van der Waals surface area contributed by atoms with Crippen molar-refractivity contribution in [3.63, 3.8) is 0 Å². The number of nitrogens with zero attached hydrogens (tertiary/aromatic N) is 2. The summed E-state index contributed by atoms with van der Waals surface area (Å²) >= 11 is 19.8. The van der Waals surface area contributed by atoms with E-state index in [2.05, 4.69) is 17.0 Å². The number of anilines is 1. The smallest absolute Gasteiger partial charge is 0.268 e. The number of carbonyl (C=O) groups excluding carboxylic acids is 2. The Hall–Kier alpha value is -1.99. The number of carbonyl (C=O) groups is 2.